The molecule has 1 amide bonds. The molecule has 8 heteroatoms. The van der Waals surface area contributed by atoms with Crippen molar-refractivity contribution in [2.75, 3.05) is 29.7 Å². The molecule has 0 aliphatic carbocycles. The molecule has 8 nitrogen and oxygen atoms in total. The van der Waals surface area contributed by atoms with E-state index in [1.54, 1.807) is 24.5 Å². The molecule has 0 spiro atoms. The molecule has 0 radical (unpaired) electrons. The highest BCUT2D eigenvalue weighted by atomic mass is 16.2. The summed E-state index contributed by atoms with van der Waals surface area (Å²) >= 11 is 0. The van der Waals surface area contributed by atoms with Crippen molar-refractivity contribution in [3.8, 4) is 0 Å². The summed E-state index contributed by atoms with van der Waals surface area (Å²) in [6, 6.07) is 3.23. The van der Waals surface area contributed by atoms with Crippen molar-refractivity contribution in [2.45, 2.75) is 19.8 Å². The summed E-state index contributed by atoms with van der Waals surface area (Å²) in [4.78, 5) is 26.1. The first-order valence-corrected chi connectivity index (χ1v) is 7.41. The van der Waals surface area contributed by atoms with Crippen molar-refractivity contribution in [2.24, 2.45) is 0 Å². The average molecular weight is 315 g/mol. The Kier molecular flexibility index (Phi) is 5.67. The van der Waals surface area contributed by atoms with Crippen molar-refractivity contribution in [3.05, 3.63) is 36.4 Å². The second kappa shape index (κ2) is 7.92. The first-order valence-electron chi connectivity index (χ1n) is 7.41. The van der Waals surface area contributed by atoms with Gasteiger partial charge in [-0.2, -0.15) is 0 Å². The van der Waals surface area contributed by atoms with E-state index >= 15 is 0 Å². The molecule has 0 saturated carbocycles. The highest BCUT2D eigenvalue weighted by Gasteiger charge is 2.12. The number of nitrogen functional groups attached to an aromatic ring is 1. The maximum absolute atomic E-state index is 12.0. The predicted octanol–water partition coefficient (Wildman–Crippen LogP) is 1.45. The van der Waals surface area contributed by atoms with Gasteiger partial charge in [-0.3, -0.25) is 20.6 Å². The molecule has 0 aliphatic rings. The van der Waals surface area contributed by atoms with Crippen LogP contribution in [-0.2, 0) is 0 Å². The molecule has 0 atom stereocenters. The molecule has 0 bridgehead atoms. The van der Waals surface area contributed by atoms with Crippen LogP contribution < -0.4 is 21.5 Å². The van der Waals surface area contributed by atoms with Gasteiger partial charge in [-0.15, -0.1) is 0 Å². The Morgan fingerprint density at radius 1 is 1.30 bits per heavy atom. The lowest BCUT2D eigenvalue weighted by molar-refractivity contribution is 0.0962. The topological polar surface area (TPSA) is 109 Å². The van der Waals surface area contributed by atoms with Crippen LogP contribution in [0.3, 0.4) is 0 Å². The van der Waals surface area contributed by atoms with Gasteiger partial charge in [-0.05, 0) is 18.6 Å². The zero-order valence-electron chi connectivity index (χ0n) is 13.3. The number of hydrogen-bond donors (Lipinski definition) is 3. The van der Waals surface area contributed by atoms with E-state index in [1.165, 1.54) is 6.33 Å². The minimum absolute atomic E-state index is 0.300. The largest absolute Gasteiger partial charge is 0.393 e. The molecule has 122 valence electrons. The van der Waals surface area contributed by atoms with Crippen LogP contribution in [0.15, 0.2) is 30.9 Å². The van der Waals surface area contributed by atoms with E-state index in [9.17, 15) is 4.79 Å². The van der Waals surface area contributed by atoms with E-state index in [2.05, 4.69) is 32.7 Å². The molecule has 2 rings (SSSR count). The number of hydrogen-bond acceptors (Lipinski definition) is 7. The van der Waals surface area contributed by atoms with Crippen LogP contribution in [0.25, 0.3) is 0 Å². The normalized spacial score (nSPS) is 10.2. The average Bonchev–Trinajstić information content (AvgIpc) is 2.59. The highest BCUT2D eigenvalue weighted by molar-refractivity contribution is 5.95. The van der Waals surface area contributed by atoms with Gasteiger partial charge in [-0.25, -0.2) is 9.97 Å². The minimum atomic E-state index is -0.300. The van der Waals surface area contributed by atoms with Crippen LogP contribution >= 0.6 is 0 Å². The van der Waals surface area contributed by atoms with E-state index in [1.807, 2.05) is 11.9 Å². The lowest BCUT2D eigenvalue weighted by atomic mass is 10.2. The van der Waals surface area contributed by atoms with E-state index in [0.29, 0.717) is 22.9 Å². The molecule has 2 aromatic heterocycles. The van der Waals surface area contributed by atoms with E-state index in [4.69, 9.17) is 5.73 Å². The zero-order chi connectivity index (χ0) is 16.7. The maximum Gasteiger partial charge on any atom is 0.269 e. The van der Waals surface area contributed by atoms with E-state index in [0.717, 1.165) is 19.4 Å². The van der Waals surface area contributed by atoms with Crippen LogP contribution in [0.2, 0.25) is 0 Å². The van der Waals surface area contributed by atoms with Crippen LogP contribution in [0.5, 0.6) is 0 Å². The second-order valence-electron chi connectivity index (χ2n) is 5.05. The van der Waals surface area contributed by atoms with Gasteiger partial charge in [0.15, 0.2) is 11.6 Å². The third-order valence-electron chi connectivity index (χ3n) is 3.31. The molecule has 23 heavy (non-hydrogen) atoms. The Morgan fingerprint density at radius 3 is 2.74 bits per heavy atom. The summed E-state index contributed by atoms with van der Waals surface area (Å²) in [5.74, 6) is 0.696. The van der Waals surface area contributed by atoms with Crippen LogP contribution in [-0.4, -0.2) is 34.5 Å². The number of hydrazine groups is 1. The fourth-order valence-electron chi connectivity index (χ4n) is 1.98. The van der Waals surface area contributed by atoms with Crippen molar-refractivity contribution in [3.63, 3.8) is 0 Å². The molecular formula is C15H21N7O. The summed E-state index contributed by atoms with van der Waals surface area (Å²) in [5.41, 5.74) is 12.3. The summed E-state index contributed by atoms with van der Waals surface area (Å²) < 4.78 is 0. The van der Waals surface area contributed by atoms with Gasteiger partial charge in [0.1, 0.15) is 12.0 Å². The monoisotopic (exact) mass is 315 g/mol. The number of unbranched alkanes of at least 4 members (excludes halogenated alkanes) is 1. The van der Waals surface area contributed by atoms with Gasteiger partial charge in [-0.1, -0.05) is 13.3 Å². The molecule has 0 saturated heterocycles. The number of aromatic nitrogens is 3. The standard InChI is InChI=1S/C15H21N7O/c1-3-4-9-22(2)14-12(16)13(18-10-19-14)20-21-15(23)11-5-7-17-8-6-11/h5-8,10H,3-4,9,16H2,1-2H3,(H,21,23)(H,18,19,20). The van der Waals surface area contributed by atoms with Crippen molar-refractivity contribution in [1.29, 1.82) is 0 Å². The number of nitrogens with zero attached hydrogens (tertiary/aromatic N) is 4. The molecule has 0 aliphatic heterocycles. The Balaban J connectivity index is 2.04. The van der Waals surface area contributed by atoms with Gasteiger partial charge < -0.3 is 10.6 Å². The van der Waals surface area contributed by atoms with Crippen molar-refractivity contribution in [1.82, 2.24) is 20.4 Å². The third-order valence-corrected chi connectivity index (χ3v) is 3.31. The molecule has 2 heterocycles. The predicted molar refractivity (Wildman–Crippen MR) is 89.9 cm³/mol. The van der Waals surface area contributed by atoms with Crippen LogP contribution in [0.1, 0.15) is 30.1 Å². The zero-order valence-corrected chi connectivity index (χ0v) is 13.3. The Labute approximate surface area is 135 Å². The number of carbonyl (C=O) groups excluding carboxylic acids is 1. The molecule has 0 fully saturated rings. The van der Waals surface area contributed by atoms with Crippen molar-refractivity contribution < 1.29 is 4.79 Å². The SMILES string of the molecule is CCCCN(C)c1ncnc(NNC(=O)c2ccncc2)c1N. The van der Waals surface area contributed by atoms with Gasteiger partial charge in [0.25, 0.3) is 5.91 Å². The number of nitrogens with one attached hydrogen (secondary N) is 2. The second-order valence-corrected chi connectivity index (χ2v) is 5.05. The minimum Gasteiger partial charge on any atom is -0.393 e. The summed E-state index contributed by atoms with van der Waals surface area (Å²) in [6.07, 6.45) is 6.64. The van der Waals surface area contributed by atoms with E-state index < -0.39 is 0 Å². The molecule has 0 aromatic carbocycles. The number of pyridine rings is 1. The number of anilines is 3. The molecular weight excluding hydrogens is 294 g/mol. The van der Waals surface area contributed by atoms with Crippen LogP contribution in [0.4, 0.5) is 17.3 Å². The molecule has 0 unspecified atom stereocenters. The fraction of sp³-hybridized carbons (Fsp3) is 0.333. The first kappa shape index (κ1) is 16.5. The van der Waals surface area contributed by atoms with Gasteiger partial charge in [0.05, 0.1) is 0 Å². The summed E-state index contributed by atoms with van der Waals surface area (Å²) in [6.45, 7) is 2.97. The van der Waals surface area contributed by atoms with Gasteiger partial charge >= 0.3 is 0 Å². The summed E-state index contributed by atoms with van der Waals surface area (Å²) in [5, 5.41) is 0. The van der Waals surface area contributed by atoms with Gasteiger partial charge in [0, 0.05) is 31.5 Å². The quantitative estimate of drug-likeness (QED) is 0.663. The molecule has 2 aromatic rings. The smallest absolute Gasteiger partial charge is 0.269 e. The lowest BCUT2D eigenvalue weighted by Crippen LogP contribution is -2.31. The first-order chi connectivity index (χ1) is 11.1. The molecule has 4 N–H and O–H groups in total. The van der Waals surface area contributed by atoms with E-state index in [-0.39, 0.29) is 5.91 Å². The number of carbonyl (C=O) groups is 1. The Hall–Kier alpha value is -2.90. The highest BCUT2D eigenvalue weighted by Crippen LogP contribution is 2.24. The van der Waals surface area contributed by atoms with Gasteiger partial charge in [0.2, 0.25) is 0 Å². The number of rotatable bonds is 7. The van der Waals surface area contributed by atoms with Crippen LogP contribution in [0, 0.1) is 0 Å². The lowest BCUT2D eigenvalue weighted by Gasteiger charge is -2.20. The third kappa shape index (κ3) is 4.29. The Morgan fingerprint density at radius 2 is 2.04 bits per heavy atom. The Bertz CT molecular complexity index is 648. The van der Waals surface area contributed by atoms with Crippen molar-refractivity contribution >= 4 is 23.2 Å². The summed E-state index contributed by atoms with van der Waals surface area (Å²) in [7, 11) is 1.92. The number of nitrogens with two attached hydrogens (primary N) is 1. The maximum atomic E-state index is 12.0. The fourth-order valence-corrected chi connectivity index (χ4v) is 1.98. The number of amides is 1.